The topological polar surface area (TPSA) is 76.0 Å². The van der Waals surface area contributed by atoms with E-state index in [0.29, 0.717) is 0 Å². The molecule has 0 rings (SSSR count). The Morgan fingerprint density at radius 3 is 2.60 bits per heavy atom. The first-order valence-corrected chi connectivity index (χ1v) is 4.00. The molecule has 0 aromatic carbocycles. The van der Waals surface area contributed by atoms with Gasteiger partial charge in [0.2, 0.25) is 0 Å². The summed E-state index contributed by atoms with van der Waals surface area (Å²) in [5.41, 5.74) is 0. The molecule has 2 N–H and O–H groups in total. The largest absolute Gasteiger partial charge is 0.503 e. The highest BCUT2D eigenvalue weighted by molar-refractivity contribution is 7.47. The van der Waals surface area contributed by atoms with Crippen molar-refractivity contribution in [3.63, 3.8) is 0 Å². The van der Waals surface area contributed by atoms with E-state index in [2.05, 4.69) is 9.25 Å². The predicted octanol–water partition coefficient (Wildman–Crippen LogP) is 0.387. The SMILES string of the molecule is O=P(O)(OF)OCCCO. The second-order valence-corrected chi connectivity index (χ2v) is 2.78. The summed E-state index contributed by atoms with van der Waals surface area (Å²) in [4.78, 5) is 8.20. The summed E-state index contributed by atoms with van der Waals surface area (Å²) < 4.78 is 27.7. The van der Waals surface area contributed by atoms with Crippen molar-refractivity contribution in [1.82, 2.24) is 0 Å². The van der Waals surface area contributed by atoms with Crippen LogP contribution in [0, 0.1) is 0 Å². The minimum atomic E-state index is -4.48. The van der Waals surface area contributed by atoms with Gasteiger partial charge in [-0.2, -0.15) is 0 Å². The van der Waals surface area contributed by atoms with Crippen LogP contribution < -0.4 is 0 Å². The molecule has 0 saturated carbocycles. The van der Waals surface area contributed by atoms with Gasteiger partial charge in [-0.15, -0.1) is 0 Å². The molecule has 0 aromatic rings. The summed E-state index contributed by atoms with van der Waals surface area (Å²) in [6.07, 6.45) is 0.161. The van der Waals surface area contributed by atoms with Gasteiger partial charge in [0.05, 0.1) is 6.61 Å². The van der Waals surface area contributed by atoms with Gasteiger partial charge in [-0.05, 0) is 10.9 Å². The van der Waals surface area contributed by atoms with Gasteiger partial charge in [0.15, 0.2) is 0 Å². The maximum Gasteiger partial charge on any atom is 0.503 e. The summed E-state index contributed by atoms with van der Waals surface area (Å²) in [7, 11) is -4.48. The summed E-state index contributed by atoms with van der Waals surface area (Å²) in [6.45, 7) is -0.402. The lowest BCUT2D eigenvalue weighted by Crippen LogP contribution is -1.95. The van der Waals surface area contributed by atoms with Crippen LogP contribution in [0.5, 0.6) is 0 Å². The standard InChI is InChI=1S/C3H8FO5P/c4-9-10(6,7)8-3-1-2-5/h5H,1-3H2,(H,6,7). The molecule has 1 unspecified atom stereocenters. The molecule has 5 nitrogen and oxygen atoms in total. The van der Waals surface area contributed by atoms with Crippen molar-refractivity contribution in [3.05, 3.63) is 0 Å². The highest BCUT2D eigenvalue weighted by Crippen LogP contribution is 2.43. The molecule has 0 heterocycles. The highest BCUT2D eigenvalue weighted by atomic mass is 31.2. The molecule has 10 heavy (non-hydrogen) atoms. The molecule has 0 aliphatic heterocycles. The third-order valence-corrected chi connectivity index (χ3v) is 1.33. The lowest BCUT2D eigenvalue weighted by molar-refractivity contribution is -0.0484. The number of phosphoric ester groups is 1. The zero-order valence-corrected chi connectivity index (χ0v) is 5.96. The normalized spacial score (nSPS) is 16.7. The quantitative estimate of drug-likeness (QED) is 0.465. The van der Waals surface area contributed by atoms with Crippen molar-refractivity contribution in [2.45, 2.75) is 6.42 Å². The van der Waals surface area contributed by atoms with Gasteiger partial charge >= 0.3 is 7.82 Å². The molecule has 0 bridgehead atoms. The van der Waals surface area contributed by atoms with Gasteiger partial charge in [-0.3, -0.25) is 4.52 Å². The summed E-state index contributed by atoms with van der Waals surface area (Å²) in [5, 5.41) is 8.15. The van der Waals surface area contributed by atoms with Crippen LogP contribution in [0.1, 0.15) is 6.42 Å². The van der Waals surface area contributed by atoms with E-state index < -0.39 is 7.82 Å². The second kappa shape index (κ2) is 4.76. The van der Waals surface area contributed by atoms with Gasteiger partial charge in [0.25, 0.3) is 0 Å². The summed E-state index contributed by atoms with van der Waals surface area (Å²) in [6, 6.07) is 0. The fourth-order valence-electron chi connectivity index (χ4n) is 0.264. The zero-order valence-electron chi connectivity index (χ0n) is 5.07. The monoisotopic (exact) mass is 174 g/mol. The van der Waals surface area contributed by atoms with E-state index in [1.165, 1.54) is 0 Å². The zero-order chi connectivity index (χ0) is 8.04. The number of aliphatic hydroxyl groups excluding tert-OH is 1. The Balaban J connectivity index is 3.38. The Morgan fingerprint density at radius 2 is 2.20 bits per heavy atom. The van der Waals surface area contributed by atoms with Gasteiger partial charge in [-0.25, -0.2) is 4.57 Å². The number of rotatable bonds is 5. The summed E-state index contributed by atoms with van der Waals surface area (Å²) in [5.74, 6) is 0. The Bertz CT molecular complexity index is 128. The van der Waals surface area contributed by atoms with Crippen molar-refractivity contribution in [2.24, 2.45) is 0 Å². The smallest absolute Gasteiger partial charge is 0.396 e. The van der Waals surface area contributed by atoms with Crippen LogP contribution in [0.25, 0.3) is 0 Å². The van der Waals surface area contributed by atoms with Crippen molar-refractivity contribution in [2.75, 3.05) is 13.2 Å². The molecule has 0 aliphatic rings. The first-order valence-electron chi connectivity index (χ1n) is 2.51. The van der Waals surface area contributed by atoms with E-state index in [4.69, 9.17) is 10.00 Å². The molecular formula is C3H8FO5P. The second-order valence-electron chi connectivity index (χ2n) is 1.45. The number of hydrogen-bond donors (Lipinski definition) is 2. The van der Waals surface area contributed by atoms with Gasteiger partial charge in [-0.1, -0.05) is 4.73 Å². The van der Waals surface area contributed by atoms with E-state index in [1.54, 1.807) is 0 Å². The molecule has 7 heteroatoms. The average molecular weight is 174 g/mol. The maximum absolute atomic E-state index is 11.0. The van der Waals surface area contributed by atoms with Crippen LogP contribution in [-0.4, -0.2) is 23.2 Å². The first-order chi connectivity index (χ1) is 4.62. The minimum Gasteiger partial charge on any atom is -0.396 e. The van der Waals surface area contributed by atoms with Crippen LogP contribution in [-0.2, 0) is 13.8 Å². The Kier molecular flexibility index (Phi) is 4.76. The maximum atomic E-state index is 11.0. The fourth-order valence-corrected chi connectivity index (χ4v) is 0.664. The Hall–Kier alpha value is -0.0000000000000000416. The van der Waals surface area contributed by atoms with Crippen molar-refractivity contribution in [1.29, 1.82) is 0 Å². The van der Waals surface area contributed by atoms with Crippen LogP contribution in [0.4, 0.5) is 4.53 Å². The lowest BCUT2D eigenvalue weighted by Gasteiger charge is -2.03. The van der Waals surface area contributed by atoms with E-state index in [9.17, 15) is 9.09 Å². The molecule has 0 spiro atoms. The van der Waals surface area contributed by atoms with E-state index in [0.717, 1.165) is 0 Å². The number of phosphoric acid groups is 1. The van der Waals surface area contributed by atoms with Crippen LogP contribution >= 0.6 is 7.82 Å². The van der Waals surface area contributed by atoms with Gasteiger partial charge in [0.1, 0.15) is 0 Å². The number of hydrogen-bond acceptors (Lipinski definition) is 4. The number of aliphatic hydroxyl groups is 1. The molecule has 0 aromatic heterocycles. The third kappa shape index (κ3) is 4.84. The van der Waals surface area contributed by atoms with Crippen LogP contribution in [0.2, 0.25) is 0 Å². The molecule has 1 atom stereocenters. The van der Waals surface area contributed by atoms with Gasteiger partial charge in [0, 0.05) is 6.61 Å². The lowest BCUT2D eigenvalue weighted by atomic mass is 10.5. The van der Waals surface area contributed by atoms with Crippen LogP contribution in [0.15, 0.2) is 0 Å². The Morgan fingerprint density at radius 1 is 1.60 bits per heavy atom. The van der Waals surface area contributed by atoms with E-state index in [-0.39, 0.29) is 19.6 Å². The minimum absolute atomic E-state index is 0.161. The van der Waals surface area contributed by atoms with E-state index >= 15 is 0 Å². The van der Waals surface area contributed by atoms with Gasteiger partial charge < -0.3 is 10.00 Å². The molecule has 0 aliphatic carbocycles. The highest BCUT2D eigenvalue weighted by Gasteiger charge is 2.20. The molecule has 0 fully saturated rings. The van der Waals surface area contributed by atoms with E-state index in [1.807, 2.05) is 0 Å². The molecular weight excluding hydrogens is 166 g/mol. The predicted molar refractivity (Wildman–Crippen MR) is 29.7 cm³/mol. The Labute approximate surface area is 56.9 Å². The average Bonchev–Trinajstić information content (AvgIpc) is 1.89. The number of halogens is 1. The molecule has 0 saturated heterocycles. The van der Waals surface area contributed by atoms with Crippen molar-refractivity contribution >= 4 is 7.82 Å². The van der Waals surface area contributed by atoms with Crippen molar-refractivity contribution in [3.8, 4) is 0 Å². The molecule has 0 radical (unpaired) electrons. The van der Waals surface area contributed by atoms with Crippen LogP contribution in [0.3, 0.4) is 0 Å². The first kappa shape index (κ1) is 10.0. The fraction of sp³-hybridized carbons (Fsp3) is 1.00. The third-order valence-electron chi connectivity index (χ3n) is 0.644. The van der Waals surface area contributed by atoms with Crippen molar-refractivity contribution < 1.29 is 28.3 Å². The summed E-state index contributed by atoms with van der Waals surface area (Å²) >= 11 is 0. The molecule has 0 amide bonds. The molecule has 62 valence electrons.